The molecule has 0 saturated heterocycles. The lowest BCUT2D eigenvalue weighted by atomic mass is 10.1. The Morgan fingerprint density at radius 3 is 2.48 bits per heavy atom. The summed E-state index contributed by atoms with van der Waals surface area (Å²) in [5.74, 6) is -1.30. The van der Waals surface area contributed by atoms with Crippen LogP contribution >= 0.6 is 0 Å². The summed E-state index contributed by atoms with van der Waals surface area (Å²) in [5, 5.41) is 19.9. The van der Waals surface area contributed by atoms with Crippen molar-refractivity contribution in [3.63, 3.8) is 0 Å². The van der Waals surface area contributed by atoms with Crippen LogP contribution < -0.4 is 4.90 Å². The summed E-state index contributed by atoms with van der Waals surface area (Å²) in [4.78, 5) is 37.7. The monoisotopic (exact) mass is 351 g/mol. The first-order valence-electron chi connectivity index (χ1n) is 7.00. The van der Waals surface area contributed by atoms with E-state index in [2.05, 4.69) is 4.98 Å². The highest BCUT2D eigenvalue weighted by atomic mass is 19.1. The van der Waals surface area contributed by atoms with Crippen molar-refractivity contribution >= 4 is 34.5 Å². The predicted molar refractivity (Wildman–Crippen MR) is 85.1 cm³/mol. The molecule has 0 radical (unpaired) electrons. The van der Waals surface area contributed by atoms with Crippen molar-refractivity contribution in [3.05, 3.63) is 40.3 Å². The van der Waals surface area contributed by atoms with Crippen molar-refractivity contribution in [2.75, 3.05) is 4.90 Å². The van der Waals surface area contributed by atoms with Crippen molar-refractivity contribution in [1.82, 2.24) is 4.98 Å². The largest absolute Gasteiger partial charge is 0.464 e. The van der Waals surface area contributed by atoms with Gasteiger partial charge < -0.3 is 9.84 Å². The highest BCUT2D eigenvalue weighted by Crippen LogP contribution is 2.30. The number of nitro benzene ring substituents is 1. The maximum Gasteiger partial charge on any atom is 0.425 e. The van der Waals surface area contributed by atoms with Crippen LogP contribution in [0.1, 0.15) is 20.8 Å². The molecule has 1 heterocycles. The first-order chi connectivity index (χ1) is 11.5. The third-order valence-electron chi connectivity index (χ3n) is 2.99. The van der Waals surface area contributed by atoms with Crippen molar-refractivity contribution in [3.8, 4) is 0 Å². The van der Waals surface area contributed by atoms with E-state index < -0.39 is 34.3 Å². The number of imide groups is 1. The van der Waals surface area contributed by atoms with Crippen LogP contribution in [-0.4, -0.2) is 32.8 Å². The van der Waals surface area contributed by atoms with E-state index in [0.717, 1.165) is 18.2 Å². The van der Waals surface area contributed by atoms with Crippen molar-refractivity contribution < 1.29 is 28.7 Å². The number of ether oxygens (including phenoxy) is 1. The first kappa shape index (κ1) is 18.0. The van der Waals surface area contributed by atoms with Crippen LogP contribution in [0, 0.1) is 15.9 Å². The van der Waals surface area contributed by atoms with Gasteiger partial charge in [0.1, 0.15) is 11.4 Å². The lowest BCUT2D eigenvalue weighted by molar-refractivity contribution is -0.384. The second-order valence-corrected chi connectivity index (χ2v) is 6.02. The average molecular weight is 351 g/mol. The minimum absolute atomic E-state index is 0.0844. The van der Waals surface area contributed by atoms with E-state index in [4.69, 9.17) is 4.74 Å². The van der Waals surface area contributed by atoms with Gasteiger partial charge in [-0.3, -0.25) is 10.1 Å². The van der Waals surface area contributed by atoms with Crippen molar-refractivity contribution in [2.24, 2.45) is 0 Å². The van der Waals surface area contributed by atoms with Gasteiger partial charge in [0.15, 0.2) is 5.82 Å². The minimum atomic E-state index is -1.69. The highest BCUT2D eigenvalue weighted by molar-refractivity contribution is 6.13. The Morgan fingerprint density at radius 2 is 1.96 bits per heavy atom. The lowest BCUT2D eigenvalue weighted by Crippen LogP contribution is -2.40. The van der Waals surface area contributed by atoms with E-state index in [9.17, 15) is 29.2 Å². The van der Waals surface area contributed by atoms with Gasteiger partial charge in [0.25, 0.3) is 5.69 Å². The number of aromatic nitrogens is 1. The Bertz CT molecular complexity index is 877. The van der Waals surface area contributed by atoms with E-state index in [0.29, 0.717) is 6.20 Å². The number of nitro groups is 1. The minimum Gasteiger partial charge on any atom is -0.464 e. The second kappa shape index (κ2) is 6.30. The van der Waals surface area contributed by atoms with E-state index in [1.54, 1.807) is 20.8 Å². The molecular weight excluding hydrogens is 337 g/mol. The lowest BCUT2D eigenvalue weighted by Gasteiger charge is -2.24. The molecule has 9 nitrogen and oxygen atoms in total. The van der Waals surface area contributed by atoms with Gasteiger partial charge in [-0.05, 0) is 26.8 Å². The number of amides is 2. The van der Waals surface area contributed by atoms with Gasteiger partial charge in [-0.1, -0.05) is 0 Å². The van der Waals surface area contributed by atoms with E-state index in [1.165, 1.54) is 0 Å². The number of nitrogens with zero attached hydrogens (tertiary/aromatic N) is 3. The van der Waals surface area contributed by atoms with E-state index >= 15 is 0 Å². The molecule has 1 aromatic carbocycles. The summed E-state index contributed by atoms with van der Waals surface area (Å²) in [6.45, 7) is 4.64. The molecule has 132 valence electrons. The zero-order valence-corrected chi connectivity index (χ0v) is 13.5. The van der Waals surface area contributed by atoms with Crippen LogP contribution in [0.3, 0.4) is 0 Å². The number of pyridine rings is 1. The fourth-order valence-corrected chi connectivity index (χ4v) is 2.04. The number of non-ortho nitro benzene ring substituents is 1. The molecule has 25 heavy (non-hydrogen) atoms. The summed E-state index contributed by atoms with van der Waals surface area (Å²) in [5.41, 5.74) is -1.36. The molecule has 0 unspecified atom stereocenters. The van der Waals surface area contributed by atoms with Gasteiger partial charge in [-0.2, -0.15) is 4.90 Å². The fraction of sp³-hybridized carbons (Fsp3) is 0.267. The Balaban J connectivity index is 2.65. The number of carboxylic acid groups (broad SMARTS) is 1. The quantitative estimate of drug-likeness (QED) is 0.646. The number of carbonyl (C=O) groups is 2. The predicted octanol–water partition coefficient (Wildman–Crippen LogP) is 3.70. The third-order valence-corrected chi connectivity index (χ3v) is 2.99. The molecule has 1 aromatic heterocycles. The molecule has 2 rings (SSSR count). The number of anilines is 1. The molecule has 0 saturated carbocycles. The number of hydrogen-bond donors (Lipinski definition) is 1. The van der Waals surface area contributed by atoms with Gasteiger partial charge in [0.05, 0.1) is 11.1 Å². The average Bonchev–Trinajstić information content (AvgIpc) is 2.47. The summed E-state index contributed by atoms with van der Waals surface area (Å²) in [6.07, 6.45) is -2.23. The first-order valence-corrected chi connectivity index (χ1v) is 7.00. The van der Waals surface area contributed by atoms with E-state index in [1.807, 2.05) is 0 Å². The summed E-state index contributed by atoms with van der Waals surface area (Å²) < 4.78 is 19.0. The third kappa shape index (κ3) is 3.79. The highest BCUT2D eigenvalue weighted by Gasteiger charge is 2.31. The number of benzene rings is 1. The van der Waals surface area contributed by atoms with Crippen LogP contribution in [0.5, 0.6) is 0 Å². The van der Waals surface area contributed by atoms with Crippen LogP contribution in [0.25, 0.3) is 10.8 Å². The molecule has 2 amide bonds. The van der Waals surface area contributed by atoms with Crippen LogP contribution in [-0.2, 0) is 4.74 Å². The number of rotatable bonds is 2. The normalized spacial score (nSPS) is 11.2. The summed E-state index contributed by atoms with van der Waals surface area (Å²) in [7, 11) is 0. The SMILES string of the molecule is CC(C)(C)OC(=O)N(C(=O)O)c1ncc(F)c2cc([N+](=O)[O-])ccc12. The van der Waals surface area contributed by atoms with Gasteiger partial charge in [0.2, 0.25) is 0 Å². The van der Waals surface area contributed by atoms with Gasteiger partial charge >= 0.3 is 12.2 Å². The fourth-order valence-electron chi connectivity index (χ4n) is 2.04. The smallest absolute Gasteiger partial charge is 0.425 e. The van der Waals surface area contributed by atoms with Gasteiger partial charge in [-0.15, -0.1) is 0 Å². The van der Waals surface area contributed by atoms with Gasteiger partial charge in [0, 0.05) is 22.9 Å². The molecule has 2 aromatic rings. The van der Waals surface area contributed by atoms with Gasteiger partial charge in [-0.25, -0.2) is 19.0 Å². The molecular formula is C15H14FN3O6. The molecule has 0 bridgehead atoms. The zero-order valence-electron chi connectivity index (χ0n) is 13.5. The molecule has 0 spiro atoms. The topological polar surface area (TPSA) is 123 Å². The second-order valence-electron chi connectivity index (χ2n) is 6.02. The van der Waals surface area contributed by atoms with Crippen molar-refractivity contribution in [1.29, 1.82) is 0 Å². The number of carbonyl (C=O) groups excluding carboxylic acids is 1. The number of hydrogen-bond acceptors (Lipinski definition) is 6. The molecule has 0 fully saturated rings. The maximum absolute atomic E-state index is 14.0. The maximum atomic E-state index is 14.0. The molecule has 1 N–H and O–H groups in total. The number of fused-ring (bicyclic) bond motifs is 1. The Kier molecular flexibility index (Phi) is 4.55. The Morgan fingerprint density at radius 1 is 1.32 bits per heavy atom. The zero-order chi connectivity index (χ0) is 18.9. The van der Waals surface area contributed by atoms with E-state index in [-0.39, 0.29) is 21.4 Å². The van der Waals surface area contributed by atoms with Crippen LogP contribution in [0.15, 0.2) is 24.4 Å². The summed E-state index contributed by atoms with van der Waals surface area (Å²) in [6, 6.07) is 3.12. The van der Waals surface area contributed by atoms with Crippen molar-refractivity contribution in [2.45, 2.75) is 26.4 Å². The number of halogens is 1. The molecule has 10 heteroatoms. The van der Waals surface area contributed by atoms with Crippen LogP contribution in [0.4, 0.5) is 25.5 Å². The molecule has 0 aliphatic carbocycles. The summed E-state index contributed by atoms with van der Waals surface area (Å²) >= 11 is 0. The van der Waals surface area contributed by atoms with Crippen LogP contribution in [0.2, 0.25) is 0 Å². The standard InChI is InChI=1S/C15H14FN3O6/c1-15(2,3)25-14(22)18(13(20)21)12-9-5-4-8(19(23)24)6-10(9)11(16)7-17-12/h4-7H,1-3H3,(H,20,21). The molecule has 0 aliphatic heterocycles. The molecule has 0 aliphatic rings. The Labute approximate surface area is 140 Å². The molecule has 0 atom stereocenters. The Hall–Kier alpha value is -3.30.